The monoisotopic (exact) mass is 449 g/mol. The van der Waals surface area contributed by atoms with Crippen LogP contribution in [0.1, 0.15) is 20.9 Å². The molecule has 0 spiro atoms. The van der Waals surface area contributed by atoms with Gasteiger partial charge < -0.3 is 4.74 Å². The van der Waals surface area contributed by atoms with Crippen LogP contribution in [0.5, 0.6) is 5.75 Å². The molecule has 0 unspecified atom stereocenters. The number of nitrogens with zero attached hydrogens (tertiary/aromatic N) is 1. The fourth-order valence-corrected chi connectivity index (χ4v) is 4.29. The molecule has 0 amide bonds. The van der Waals surface area contributed by atoms with Crippen LogP contribution in [0.25, 0.3) is 21.9 Å². The second-order valence-electron chi connectivity index (χ2n) is 6.13. The minimum absolute atomic E-state index is 0.0679. The van der Waals surface area contributed by atoms with Crippen LogP contribution in [0.15, 0.2) is 77.3 Å². The van der Waals surface area contributed by atoms with Crippen LogP contribution in [0.4, 0.5) is 0 Å². The maximum Gasteiger partial charge on any atom is 0.196 e. The third kappa shape index (κ3) is 3.77. The lowest BCUT2D eigenvalue weighted by molar-refractivity contribution is 0.105. The number of hydrogen-bond donors (Lipinski definition) is 0. The Morgan fingerprint density at radius 3 is 2.54 bits per heavy atom. The van der Waals surface area contributed by atoms with Gasteiger partial charge in [0.25, 0.3) is 0 Å². The highest BCUT2D eigenvalue weighted by Crippen LogP contribution is 2.33. The number of rotatable bonds is 5. The lowest BCUT2D eigenvalue weighted by Crippen LogP contribution is -2.03. The van der Waals surface area contributed by atoms with Gasteiger partial charge in [0.1, 0.15) is 10.8 Å². The van der Waals surface area contributed by atoms with E-state index in [0.717, 1.165) is 20.3 Å². The number of hydrogen-bond acceptors (Lipinski definition) is 4. The summed E-state index contributed by atoms with van der Waals surface area (Å²) in [5, 5.41) is 0.692. The number of para-hydroxylation sites is 1. The predicted molar refractivity (Wildman–Crippen MR) is 119 cm³/mol. The SMILES string of the molecule is COc1ccc(Br)cc1C=C(C(=O)c1ccccc1)c1nc2ccccc2s1. The lowest BCUT2D eigenvalue weighted by atomic mass is 10.0. The number of thiazole rings is 1. The zero-order chi connectivity index (χ0) is 19.5. The van der Waals surface area contributed by atoms with E-state index in [1.807, 2.05) is 78.9 Å². The minimum atomic E-state index is -0.0679. The molecule has 3 aromatic carbocycles. The van der Waals surface area contributed by atoms with Gasteiger partial charge in [0.15, 0.2) is 5.78 Å². The Hall–Kier alpha value is -2.76. The van der Waals surface area contributed by atoms with Crippen molar-refractivity contribution in [1.82, 2.24) is 4.98 Å². The summed E-state index contributed by atoms with van der Waals surface area (Å²) in [6.07, 6.45) is 1.86. The van der Waals surface area contributed by atoms with Crippen LogP contribution in [0.3, 0.4) is 0 Å². The Kier molecular flexibility index (Phi) is 5.37. The molecule has 0 N–H and O–H groups in total. The summed E-state index contributed by atoms with van der Waals surface area (Å²) in [4.78, 5) is 18.1. The maximum absolute atomic E-state index is 13.4. The Labute approximate surface area is 175 Å². The van der Waals surface area contributed by atoms with Gasteiger partial charge in [0, 0.05) is 15.6 Å². The molecule has 0 fully saturated rings. The van der Waals surface area contributed by atoms with Gasteiger partial charge in [-0.2, -0.15) is 0 Å². The van der Waals surface area contributed by atoms with Gasteiger partial charge >= 0.3 is 0 Å². The normalized spacial score (nSPS) is 11.6. The molecule has 138 valence electrons. The van der Waals surface area contributed by atoms with Crippen molar-refractivity contribution < 1.29 is 9.53 Å². The fourth-order valence-electron chi connectivity index (χ4n) is 2.93. The van der Waals surface area contributed by atoms with E-state index in [0.29, 0.717) is 21.9 Å². The molecule has 1 aromatic heterocycles. The van der Waals surface area contributed by atoms with Gasteiger partial charge in [-0.1, -0.05) is 58.4 Å². The zero-order valence-corrected chi connectivity index (χ0v) is 17.5. The molecule has 4 aromatic rings. The van der Waals surface area contributed by atoms with E-state index in [9.17, 15) is 4.79 Å². The third-order valence-electron chi connectivity index (χ3n) is 4.30. The number of halogens is 1. The Balaban J connectivity index is 1.91. The minimum Gasteiger partial charge on any atom is -0.496 e. The number of allylic oxidation sites excluding steroid dienone is 1. The molecule has 0 saturated carbocycles. The van der Waals surface area contributed by atoms with Crippen LogP contribution in [-0.4, -0.2) is 17.9 Å². The molecule has 1 heterocycles. The first-order chi connectivity index (χ1) is 13.7. The van der Waals surface area contributed by atoms with Crippen molar-refractivity contribution in [3.05, 3.63) is 93.4 Å². The number of fused-ring (bicyclic) bond motifs is 1. The van der Waals surface area contributed by atoms with Crippen LogP contribution >= 0.6 is 27.3 Å². The number of ether oxygens (including phenoxy) is 1. The van der Waals surface area contributed by atoms with E-state index >= 15 is 0 Å². The molecule has 0 bridgehead atoms. The molecule has 5 heteroatoms. The van der Waals surface area contributed by atoms with Gasteiger partial charge in [-0.05, 0) is 36.4 Å². The molecule has 3 nitrogen and oxygen atoms in total. The van der Waals surface area contributed by atoms with Crippen molar-refractivity contribution in [3.8, 4) is 5.75 Å². The molecule has 0 aliphatic rings. The smallest absolute Gasteiger partial charge is 0.196 e. The van der Waals surface area contributed by atoms with Crippen molar-refractivity contribution in [2.75, 3.05) is 7.11 Å². The number of aromatic nitrogens is 1. The van der Waals surface area contributed by atoms with Gasteiger partial charge in [-0.25, -0.2) is 4.98 Å². The van der Waals surface area contributed by atoms with Crippen molar-refractivity contribution in [2.24, 2.45) is 0 Å². The van der Waals surface area contributed by atoms with Crippen LogP contribution in [0.2, 0.25) is 0 Å². The van der Waals surface area contributed by atoms with E-state index < -0.39 is 0 Å². The summed E-state index contributed by atoms with van der Waals surface area (Å²) < 4.78 is 7.45. The molecule has 0 saturated heterocycles. The van der Waals surface area contributed by atoms with E-state index in [1.165, 1.54) is 11.3 Å². The van der Waals surface area contributed by atoms with Gasteiger partial charge in [0.2, 0.25) is 0 Å². The van der Waals surface area contributed by atoms with Crippen molar-refractivity contribution in [1.29, 1.82) is 0 Å². The van der Waals surface area contributed by atoms with Crippen molar-refractivity contribution in [2.45, 2.75) is 0 Å². The molecule has 0 aliphatic heterocycles. The quantitative estimate of drug-likeness (QED) is 0.258. The highest BCUT2D eigenvalue weighted by Gasteiger charge is 2.19. The van der Waals surface area contributed by atoms with Crippen LogP contribution < -0.4 is 4.74 Å². The lowest BCUT2D eigenvalue weighted by Gasteiger charge is -2.08. The molecular weight excluding hydrogens is 434 g/mol. The Morgan fingerprint density at radius 1 is 1.04 bits per heavy atom. The van der Waals surface area contributed by atoms with Crippen LogP contribution in [-0.2, 0) is 0 Å². The molecule has 28 heavy (non-hydrogen) atoms. The summed E-state index contributed by atoms with van der Waals surface area (Å²) >= 11 is 5.01. The second kappa shape index (κ2) is 8.09. The molecule has 0 radical (unpaired) electrons. The first-order valence-electron chi connectivity index (χ1n) is 8.66. The van der Waals surface area contributed by atoms with E-state index in [1.54, 1.807) is 7.11 Å². The number of benzene rings is 3. The fraction of sp³-hybridized carbons (Fsp3) is 0.0435. The van der Waals surface area contributed by atoms with Crippen LogP contribution in [0, 0.1) is 0 Å². The largest absolute Gasteiger partial charge is 0.496 e. The van der Waals surface area contributed by atoms with Crippen molar-refractivity contribution in [3.63, 3.8) is 0 Å². The highest BCUT2D eigenvalue weighted by molar-refractivity contribution is 9.10. The summed E-state index contributed by atoms with van der Waals surface area (Å²) in [5.41, 5.74) is 2.87. The summed E-state index contributed by atoms with van der Waals surface area (Å²) in [7, 11) is 1.62. The topological polar surface area (TPSA) is 39.2 Å². The van der Waals surface area contributed by atoms with Gasteiger partial charge in [-0.3, -0.25) is 4.79 Å². The number of Topliss-reactive ketones (excluding diaryl/α,β-unsaturated/α-hetero) is 1. The summed E-state index contributed by atoms with van der Waals surface area (Å²) in [6, 6.07) is 22.9. The third-order valence-corrected chi connectivity index (χ3v) is 5.86. The maximum atomic E-state index is 13.4. The van der Waals surface area contributed by atoms with Gasteiger partial charge in [0.05, 0.1) is 22.9 Å². The molecular formula is C23H16BrNO2S. The molecule has 0 aliphatic carbocycles. The first-order valence-corrected chi connectivity index (χ1v) is 10.3. The molecule has 0 atom stereocenters. The van der Waals surface area contributed by atoms with E-state index in [4.69, 9.17) is 9.72 Å². The first kappa shape index (κ1) is 18.6. The van der Waals surface area contributed by atoms with Crippen molar-refractivity contribution >= 4 is 54.9 Å². The zero-order valence-electron chi connectivity index (χ0n) is 15.1. The standard InChI is InChI=1S/C23H16BrNO2S/c1-27-20-12-11-17(24)13-16(20)14-18(22(26)15-7-3-2-4-8-15)23-25-19-9-5-6-10-21(19)28-23/h2-14H,1H3. The number of carbonyl (C=O) groups excluding carboxylic acids is 1. The predicted octanol–water partition coefficient (Wildman–Crippen LogP) is 6.49. The summed E-state index contributed by atoms with van der Waals surface area (Å²) in [5.74, 6) is 0.629. The van der Waals surface area contributed by atoms with E-state index in [-0.39, 0.29) is 5.78 Å². The summed E-state index contributed by atoms with van der Waals surface area (Å²) in [6.45, 7) is 0. The average molecular weight is 450 g/mol. The number of ketones is 1. The van der Waals surface area contributed by atoms with E-state index in [2.05, 4.69) is 15.9 Å². The van der Waals surface area contributed by atoms with Gasteiger partial charge in [-0.15, -0.1) is 11.3 Å². The highest BCUT2D eigenvalue weighted by atomic mass is 79.9. The molecule has 4 rings (SSSR count). The number of carbonyl (C=O) groups is 1. The number of methoxy groups -OCH3 is 1. The Morgan fingerprint density at radius 2 is 1.79 bits per heavy atom. The second-order valence-corrected chi connectivity index (χ2v) is 8.07. The average Bonchev–Trinajstić information content (AvgIpc) is 3.16. The Bertz CT molecular complexity index is 1150.